The van der Waals surface area contributed by atoms with Crippen LogP contribution in [0, 0.1) is 13.8 Å². The molecule has 0 aliphatic heterocycles. The van der Waals surface area contributed by atoms with E-state index in [1.54, 1.807) is 24.4 Å². The van der Waals surface area contributed by atoms with Gasteiger partial charge in [0.05, 0.1) is 24.2 Å². The van der Waals surface area contributed by atoms with Crippen LogP contribution in [-0.2, 0) is 27.7 Å². The van der Waals surface area contributed by atoms with Gasteiger partial charge in [-0.2, -0.15) is 0 Å². The Morgan fingerprint density at radius 2 is 1.88 bits per heavy atom. The van der Waals surface area contributed by atoms with Gasteiger partial charge < -0.3 is 15.0 Å². The van der Waals surface area contributed by atoms with Crippen molar-refractivity contribution in [2.24, 2.45) is 0 Å². The Morgan fingerprint density at radius 1 is 1.09 bits per heavy atom. The highest BCUT2D eigenvalue weighted by molar-refractivity contribution is 7.89. The molecule has 0 aliphatic rings. The summed E-state index contributed by atoms with van der Waals surface area (Å²) >= 11 is 0. The molecule has 0 bridgehead atoms. The molecule has 10 heteroatoms. The standard InChI is InChI=1S/C24H30N6O3S/c1-4-7-20-29-22-23(16(2)17(3)28-24(22)25)30(20)13-15-33-14-12-27-34(31,32)19-10-5-8-18-9-6-11-26-21(18)19/h5-6,8-11,27H,4,7,12-15H2,1-3H3,(H2,25,28). The number of ether oxygens (including phenoxy) is 1. The van der Waals surface area contributed by atoms with Crippen molar-refractivity contribution in [1.82, 2.24) is 24.2 Å². The van der Waals surface area contributed by atoms with Crippen molar-refractivity contribution >= 4 is 37.8 Å². The summed E-state index contributed by atoms with van der Waals surface area (Å²) in [6, 6.07) is 8.73. The van der Waals surface area contributed by atoms with Gasteiger partial charge in [-0.15, -0.1) is 0 Å². The molecule has 0 unspecified atom stereocenters. The van der Waals surface area contributed by atoms with Crippen LogP contribution in [0.3, 0.4) is 0 Å². The first-order valence-electron chi connectivity index (χ1n) is 11.4. The molecule has 0 radical (unpaired) electrons. The zero-order valence-corrected chi connectivity index (χ0v) is 20.5. The third-order valence-corrected chi connectivity index (χ3v) is 7.32. The maximum atomic E-state index is 12.8. The first kappa shape index (κ1) is 24.1. The molecule has 3 aromatic heterocycles. The second kappa shape index (κ2) is 10.0. The van der Waals surface area contributed by atoms with Gasteiger partial charge >= 0.3 is 0 Å². The lowest BCUT2D eigenvalue weighted by atomic mass is 10.2. The van der Waals surface area contributed by atoms with Gasteiger partial charge in [0, 0.05) is 36.8 Å². The SMILES string of the molecule is CCCc1nc2c(N)nc(C)c(C)c2n1CCOCCNS(=O)(=O)c1cccc2cccnc12. The van der Waals surface area contributed by atoms with Crippen molar-refractivity contribution in [2.75, 3.05) is 25.5 Å². The third-order valence-electron chi connectivity index (χ3n) is 5.83. The Morgan fingerprint density at radius 3 is 2.68 bits per heavy atom. The minimum atomic E-state index is -3.70. The van der Waals surface area contributed by atoms with Crippen LogP contribution in [0.4, 0.5) is 5.82 Å². The number of rotatable bonds is 10. The lowest BCUT2D eigenvalue weighted by molar-refractivity contribution is 0.131. The summed E-state index contributed by atoms with van der Waals surface area (Å²) in [7, 11) is -3.70. The van der Waals surface area contributed by atoms with Crippen LogP contribution < -0.4 is 10.5 Å². The molecule has 4 rings (SSSR count). The van der Waals surface area contributed by atoms with Gasteiger partial charge in [-0.05, 0) is 38.0 Å². The van der Waals surface area contributed by atoms with Crippen molar-refractivity contribution in [3.8, 4) is 0 Å². The van der Waals surface area contributed by atoms with Crippen LogP contribution in [-0.4, -0.2) is 47.7 Å². The second-order valence-electron chi connectivity index (χ2n) is 8.18. The number of hydrogen-bond donors (Lipinski definition) is 2. The van der Waals surface area contributed by atoms with Gasteiger partial charge in [-0.3, -0.25) is 4.98 Å². The Bertz CT molecular complexity index is 1430. The first-order chi connectivity index (χ1) is 16.3. The number of pyridine rings is 2. The zero-order valence-electron chi connectivity index (χ0n) is 19.7. The Hall–Kier alpha value is -3.08. The second-order valence-corrected chi connectivity index (χ2v) is 9.91. The number of imidazole rings is 1. The first-order valence-corrected chi connectivity index (χ1v) is 12.8. The topological polar surface area (TPSA) is 125 Å². The maximum absolute atomic E-state index is 12.8. The molecule has 34 heavy (non-hydrogen) atoms. The Balaban J connectivity index is 1.39. The number of anilines is 1. The van der Waals surface area contributed by atoms with Gasteiger partial charge in [0.15, 0.2) is 5.82 Å². The summed E-state index contributed by atoms with van der Waals surface area (Å²) < 4.78 is 36.1. The van der Waals surface area contributed by atoms with E-state index >= 15 is 0 Å². The highest BCUT2D eigenvalue weighted by Gasteiger charge is 2.18. The fourth-order valence-electron chi connectivity index (χ4n) is 4.08. The average Bonchev–Trinajstić information content (AvgIpc) is 3.18. The molecule has 0 amide bonds. The number of fused-ring (bicyclic) bond motifs is 2. The highest BCUT2D eigenvalue weighted by atomic mass is 32.2. The zero-order chi connectivity index (χ0) is 24.3. The van der Waals surface area contributed by atoms with Gasteiger partial charge in [0.1, 0.15) is 16.2 Å². The summed E-state index contributed by atoms with van der Waals surface area (Å²) in [5, 5.41) is 0.776. The molecular weight excluding hydrogens is 452 g/mol. The molecule has 0 spiro atoms. The van der Waals surface area contributed by atoms with Crippen LogP contribution >= 0.6 is 0 Å². The number of nitrogens with zero attached hydrogens (tertiary/aromatic N) is 4. The van der Waals surface area contributed by atoms with Crippen LogP contribution in [0.2, 0.25) is 0 Å². The quantitative estimate of drug-likeness (QED) is 0.333. The van der Waals surface area contributed by atoms with E-state index < -0.39 is 10.0 Å². The molecule has 0 saturated carbocycles. The lowest BCUT2D eigenvalue weighted by Gasteiger charge is -2.12. The van der Waals surface area contributed by atoms with Crippen molar-refractivity contribution in [1.29, 1.82) is 0 Å². The number of nitrogens with two attached hydrogens (primary N) is 1. The lowest BCUT2D eigenvalue weighted by Crippen LogP contribution is -2.28. The van der Waals surface area contributed by atoms with Crippen molar-refractivity contribution < 1.29 is 13.2 Å². The number of aromatic nitrogens is 4. The molecule has 9 nitrogen and oxygen atoms in total. The number of aryl methyl sites for hydroxylation is 3. The Labute approximate surface area is 199 Å². The maximum Gasteiger partial charge on any atom is 0.242 e. The number of benzene rings is 1. The summed E-state index contributed by atoms with van der Waals surface area (Å²) in [6.07, 6.45) is 3.37. The summed E-state index contributed by atoms with van der Waals surface area (Å²) in [6.45, 7) is 7.49. The molecular formula is C24H30N6O3S. The van der Waals surface area contributed by atoms with Crippen molar-refractivity contribution in [3.63, 3.8) is 0 Å². The molecule has 180 valence electrons. The van der Waals surface area contributed by atoms with E-state index in [1.807, 2.05) is 26.0 Å². The summed E-state index contributed by atoms with van der Waals surface area (Å²) in [5.41, 5.74) is 10.2. The van der Waals surface area contributed by atoms with E-state index in [9.17, 15) is 8.42 Å². The number of nitrogens with one attached hydrogen (secondary N) is 1. The fraction of sp³-hybridized carbons (Fsp3) is 0.375. The number of hydrogen-bond acceptors (Lipinski definition) is 7. The van der Waals surface area contributed by atoms with Gasteiger partial charge in [0.25, 0.3) is 0 Å². The number of para-hydroxylation sites is 1. The normalized spacial score (nSPS) is 12.1. The predicted octanol–water partition coefficient (Wildman–Crippen LogP) is 3.13. The molecule has 0 fully saturated rings. The van der Waals surface area contributed by atoms with E-state index in [2.05, 4.69) is 26.2 Å². The van der Waals surface area contributed by atoms with Gasteiger partial charge in [-0.1, -0.05) is 25.1 Å². The molecule has 3 N–H and O–H groups in total. The fourth-order valence-corrected chi connectivity index (χ4v) is 5.27. The largest absolute Gasteiger partial charge is 0.382 e. The molecule has 4 aromatic rings. The highest BCUT2D eigenvalue weighted by Crippen LogP contribution is 2.26. The van der Waals surface area contributed by atoms with Crippen LogP contribution in [0.1, 0.15) is 30.4 Å². The van der Waals surface area contributed by atoms with E-state index in [4.69, 9.17) is 15.5 Å². The minimum Gasteiger partial charge on any atom is -0.382 e. The molecule has 0 saturated heterocycles. The number of nitrogen functional groups attached to an aromatic ring is 1. The van der Waals surface area contributed by atoms with Crippen LogP contribution in [0.15, 0.2) is 41.4 Å². The molecule has 0 aliphatic carbocycles. The molecule has 1 aromatic carbocycles. The summed E-state index contributed by atoms with van der Waals surface area (Å²) in [5.74, 6) is 1.39. The number of sulfonamides is 1. The van der Waals surface area contributed by atoms with Gasteiger partial charge in [0.2, 0.25) is 10.0 Å². The average molecular weight is 483 g/mol. The smallest absolute Gasteiger partial charge is 0.242 e. The van der Waals surface area contributed by atoms with Crippen molar-refractivity contribution in [3.05, 3.63) is 53.6 Å². The minimum absolute atomic E-state index is 0.160. The van der Waals surface area contributed by atoms with Crippen molar-refractivity contribution in [2.45, 2.75) is 45.1 Å². The Kier molecular flexibility index (Phi) is 7.11. The third kappa shape index (κ3) is 4.75. The van der Waals surface area contributed by atoms with Crippen LogP contribution in [0.5, 0.6) is 0 Å². The molecule has 0 atom stereocenters. The predicted molar refractivity (Wildman–Crippen MR) is 133 cm³/mol. The summed E-state index contributed by atoms with van der Waals surface area (Å²) in [4.78, 5) is 13.5. The van der Waals surface area contributed by atoms with E-state index in [-0.39, 0.29) is 18.0 Å². The van der Waals surface area contributed by atoms with E-state index in [1.165, 1.54) is 0 Å². The monoisotopic (exact) mass is 482 g/mol. The van der Waals surface area contributed by atoms with Gasteiger partial charge in [-0.25, -0.2) is 23.1 Å². The van der Waals surface area contributed by atoms with E-state index in [0.29, 0.717) is 24.5 Å². The van der Waals surface area contributed by atoms with E-state index in [0.717, 1.165) is 46.3 Å². The van der Waals surface area contributed by atoms with Crippen LogP contribution in [0.25, 0.3) is 21.9 Å². The molecule has 3 heterocycles.